The highest BCUT2D eigenvalue weighted by atomic mass is 16.5. The highest BCUT2D eigenvalue weighted by Gasteiger charge is 2.60. The van der Waals surface area contributed by atoms with Crippen LogP contribution in [0.25, 0.3) is 0 Å². The molecular weight excluding hydrogens is 358 g/mol. The minimum absolute atomic E-state index is 0.371. The van der Waals surface area contributed by atoms with Gasteiger partial charge in [-0.2, -0.15) is 0 Å². The molecule has 4 fully saturated rings. The molecule has 0 bridgehead atoms. The fourth-order valence-electron chi connectivity index (χ4n) is 8.16. The van der Waals surface area contributed by atoms with E-state index in [1.807, 2.05) is 6.92 Å². The third kappa shape index (κ3) is 3.91. The number of hydrogen-bond acceptors (Lipinski definition) is 3. The maximum atomic E-state index is 6.29. The molecule has 4 rings (SSSR count). The molecule has 4 aliphatic carbocycles. The van der Waals surface area contributed by atoms with Gasteiger partial charge >= 0.3 is 0 Å². The normalized spacial score (nSPS) is 46.7. The smallest absolute Gasteiger partial charge is 0.104 e. The lowest BCUT2D eigenvalue weighted by molar-refractivity contribution is -0.142. The summed E-state index contributed by atoms with van der Waals surface area (Å²) in [7, 11) is 4.27. The number of nitrogens with zero attached hydrogens (tertiary/aromatic N) is 1. The van der Waals surface area contributed by atoms with E-state index < -0.39 is 0 Å². The van der Waals surface area contributed by atoms with Crippen molar-refractivity contribution in [3.8, 4) is 0 Å². The molecule has 0 heterocycles. The van der Waals surface area contributed by atoms with Gasteiger partial charge in [-0.15, -0.1) is 0 Å². The molecule has 0 radical (unpaired) electrons. The molecular formula is C26H45NO2. The van der Waals surface area contributed by atoms with Crippen molar-refractivity contribution < 1.29 is 9.47 Å². The van der Waals surface area contributed by atoms with Gasteiger partial charge in [0.15, 0.2) is 0 Å². The molecule has 3 heteroatoms. The lowest BCUT2D eigenvalue weighted by atomic mass is 9.45. The molecule has 166 valence electrons. The summed E-state index contributed by atoms with van der Waals surface area (Å²) in [4.78, 5) is 2.23. The molecule has 0 spiro atoms. The average Bonchev–Trinajstić information content (AvgIpc) is 2.97. The molecule has 8 atom stereocenters. The molecule has 4 aliphatic rings. The number of rotatable bonds is 6. The Morgan fingerprint density at radius 2 is 1.69 bits per heavy atom. The Morgan fingerprint density at radius 1 is 0.966 bits per heavy atom. The predicted octanol–water partition coefficient (Wildman–Crippen LogP) is 5.89. The molecule has 0 aromatic rings. The van der Waals surface area contributed by atoms with E-state index in [9.17, 15) is 0 Å². The number of allylic oxidation sites excluding steroid dienone is 1. The maximum Gasteiger partial charge on any atom is 0.104 e. The standard InChI is InChI=1S/C26H45NO2/c1-18(2)29-24-10-9-22-21-8-7-19-17-20(28-16-15-27(5)6)11-13-25(19,3)23(21)12-14-26(22,24)4/h19-24H,1,7-17H2,2-6H3/t19?,20-,21?,22?,23?,24-,25-,26-/m0/s1. The largest absolute Gasteiger partial charge is 0.495 e. The minimum atomic E-state index is 0.371. The van der Waals surface area contributed by atoms with Crippen molar-refractivity contribution in [2.75, 3.05) is 27.2 Å². The lowest BCUT2D eigenvalue weighted by Crippen LogP contribution is -2.54. The van der Waals surface area contributed by atoms with Crippen LogP contribution in [0, 0.1) is 34.5 Å². The Morgan fingerprint density at radius 3 is 2.41 bits per heavy atom. The van der Waals surface area contributed by atoms with Crippen LogP contribution >= 0.6 is 0 Å². The Balaban J connectivity index is 1.42. The Labute approximate surface area is 179 Å². The molecule has 29 heavy (non-hydrogen) atoms. The number of ether oxygens (including phenoxy) is 2. The third-order valence-corrected chi connectivity index (χ3v) is 9.77. The van der Waals surface area contributed by atoms with E-state index in [0.717, 1.165) is 42.6 Å². The van der Waals surface area contributed by atoms with Crippen molar-refractivity contribution in [2.24, 2.45) is 34.5 Å². The van der Waals surface area contributed by atoms with Crippen molar-refractivity contribution >= 4 is 0 Å². The summed E-state index contributed by atoms with van der Waals surface area (Å²) in [6.45, 7) is 13.2. The van der Waals surface area contributed by atoms with Crippen molar-refractivity contribution in [3.05, 3.63) is 12.3 Å². The van der Waals surface area contributed by atoms with E-state index in [0.29, 0.717) is 23.0 Å². The van der Waals surface area contributed by atoms with E-state index in [2.05, 4.69) is 39.4 Å². The van der Waals surface area contributed by atoms with E-state index in [4.69, 9.17) is 9.47 Å². The van der Waals surface area contributed by atoms with Crippen LogP contribution in [0.1, 0.15) is 78.6 Å². The molecule has 0 amide bonds. The summed E-state index contributed by atoms with van der Waals surface area (Å²) in [6, 6.07) is 0. The van der Waals surface area contributed by atoms with Crippen LogP contribution in [-0.4, -0.2) is 44.4 Å². The first kappa shape index (κ1) is 21.7. The van der Waals surface area contributed by atoms with Crippen LogP contribution in [0.3, 0.4) is 0 Å². The molecule has 0 aliphatic heterocycles. The quantitative estimate of drug-likeness (QED) is 0.516. The van der Waals surface area contributed by atoms with Crippen molar-refractivity contribution in [1.82, 2.24) is 4.90 Å². The van der Waals surface area contributed by atoms with Gasteiger partial charge in [-0.1, -0.05) is 20.4 Å². The highest BCUT2D eigenvalue weighted by Crippen LogP contribution is 2.66. The second-order valence-corrected chi connectivity index (χ2v) is 11.7. The molecule has 4 saturated carbocycles. The average molecular weight is 404 g/mol. The lowest BCUT2D eigenvalue weighted by Gasteiger charge is -2.61. The summed E-state index contributed by atoms with van der Waals surface area (Å²) >= 11 is 0. The Kier molecular flexibility index (Phi) is 6.12. The van der Waals surface area contributed by atoms with Gasteiger partial charge in [-0.3, -0.25) is 0 Å². The Hall–Kier alpha value is -0.540. The Bertz CT molecular complexity index is 604. The van der Waals surface area contributed by atoms with Crippen LogP contribution in [-0.2, 0) is 9.47 Å². The van der Waals surface area contributed by atoms with Gasteiger partial charge in [0.05, 0.1) is 18.5 Å². The van der Waals surface area contributed by atoms with Crippen molar-refractivity contribution in [1.29, 1.82) is 0 Å². The van der Waals surface area contributed by atoms with Gasteiger partial charge in [0.1, 0.15) is 6.10 Å². The van der Waals surface area contributed by atoms with E-state index in [1.54, 1.807) is 0 Å². The molecule has 0 N–H and O–H groups in total. The van der Waals surface area contributed by atoms with Gasteiger partial charge in [-0.05, 0) is 108 Å². The monoisotopic (exact) mass is 403 g/mol. The van der Waals surface area contributed by atoms with Crippen LogP contribution in [0.2, 0.25) is 0 Å². The summed E-state index contributed by atoms with van der Waals surface area (Å²) in [5, 5.41) is 0. The molecule has 0 aromatic heterocycles. The van der Waals surface area contributed by atoms with E-state index in [-0.39, 0.29) is 0 Å². The molecule has 3 nitrogen and oxygen atoms in total. The molecule has 0 saturated heterocycles. The van der Waals surface area contributed by atoms with Gasteiger partial charge in [0.2, 0.25) is 0 Å². The zero-order chi connectivity index (χ0) is 20.8. The maximum absolute atomic E-state index is 6.29. The summed E-state index contributed by atoms with van der Waals surface area (Å²) in [6.07, 6.45) is 13.1. The zero-order valence-corrected chi connectivity index (χ0v) is 19.7. The third-order valence-electron chi connectivity index (χ3n) is 9.77. The summed E-state index contributed by atoms with van der Waals surface area (Å²) < 4.78 is 12.5. The van der Waals surface area contributed by atoms with Crippen LogP contribution in [0.5, 0.6) is 0 Å². The van der Waals surface area contributed by atoms with E-state index >= 15 is 0 Å². The topological polar surface area (TPSA) is 21.7 Å². The van der Waals surface area contributed by atoms with Crippen LogP contribution in [0.15, 0.2) is 12.3 Å². The first-order chi connectivity index (χ1) is 13.7. The number of likely N-dealkylation sites (N-methyl/N-ethyl adjacent to an activating group) is 1. The van der Waals surface area contributed by atoms with Gasteiger partial charge in [0.25, 0.3) is 0 Å². The zero-order valence-electron chi connectivity index (χ0n) is 19.7. The van der Waals surface area contributed by atoms with E-state index in [1.165, 1.54) is 57.8 Å². The second-order valence-electron chi connectivity index (χ2n) is 11.7. The van der Waals surface area contributed by atoms with Crippen molar-refractivity contribution in [3.63, 3.8) is 0 Å². The van der Waals surface area contributed by atoms with Gasteiger partial charge in [-0.25, -0.2) is 0 Å². The number of fused-ring (bicyclic) bond motifs is 5. The summed E-state index contributed by atoms with van der Waals surface area (Å²) in [5.74, 6) is 4.47. The minimum Gasteiger partial charge on any atom is -0.495 e. The van der Waals surface area contributed by atoms with Gasteiger partial charge in [0, 0.05) is 12.0 Å². The van der Waals surface area contributed by atoms with Gasteiger partial charge < -0.3 is 14.4 Å². The first-order valence-corrected chi connectivity index (χ1v) is 12.3. The number of hydrogen-bond donors (Lipinski definition) is 0. The fraction of sp³-hybridized carbons (Fsp3) is 0.923. The first-order valence-electron chi connectivity index (χ1n) is 12.3. The molecule has 0 aromatic carbocycles. The highest BCUT2D eigenvalue weighted by molar-refractivity contribution is 5.10. The second kappa shape index (κ2) is 8.19. The van der Waals surface area contributed by atoms with Crippen LogP contribution in [0.4, 0.5) is 0 Å². The van der Waals surface area contributed by atoms with Crippen molar-refractivity contribution in [2.45, 2.75) is 90.8 Å². The SMILES string of the molecule is C=C(C)O[C@H]1CCC2C3CCC4C[C@@H](OCCN(C)C)CC[C@]4(C)C3CC[C@@]21C. The fourth-order valence-corrected chi connectivity index (χ4v) is 8.16. The molecule has 4 unspecified atom stereocenters. The van der Waals surface area contributed by atoms with Crippen LogP contribution < -0.4 is 0 Å². The predicted molar refractivity (Wildman–Crippen MR) is 120 cm³/mol. The summed E-state index contributed by atoms with van der Waals surface area (Å²) in [5.41, 5.74) is 0.911.